The Balaban J connectivity index is 2.05. The molecule has 0 atom stereocenters. The first-order valence-corrected chi connectivity index (χ1v) is 8.96. The highest BCUT2D eigenvalue weighted by atomic mass is 32.2. The van der Waals surface area contributed by atoms with Crippen molar-refractivity contribution in [2.75, 3.05) is 32.4 Å². The fourth-order valence-corrected chi connectivity index (χ4v) is 3.55. The zero-order valence-corrected chi connectivity index (χ0v) is 13.2. The Morgan fingerprint density at radius 1 is 1.06 bits per heavy atom. The Morgan fingerprint density at radius 3 is 2.22 bits per heavy atom. The van der Waals surface area contributed by atoms with Gasteiger partial charge < -0.3 is 10.6 Å². The van der Waals surface area contributed by atoms with Crippen molar-refractivity contribution in [1.82, 2.24) is 4.90 Å². The molecule has 3 heteroatoms. The molecule has 1 heterocycles. The third-order valence-electron chi connectivity index (χ3n) is 4.40. The lowest BCUT2D eigenvalue weighted by Crippen LogP contribution is -2.46. The number of unbranched alkanes of at least 4 members (excludes halogenated alkanes) is 5. The van der Waals surface area contributed by atoms with Gasteiger partial charge in [0.1, 0.15) is 0 Å². The molecule has 0 unspecified atom stereocenters. The predicted molar refractivity (Wildman–Crippen MR) is 84.4 cm³/mol. The number of thioether (sulfide) groups is 1. The second-order valence-electron chi connectivity index (χ2n) is 5.70. The standard InChI is InChI=1S/C15H32N2S/c1-3-4-5-6-7-8-11-17-12-9-15(14-16,18-2)10-13-17/h3-14,16H2,1-2H3. The van der Waals surface area contributed by atoms with E-state index < -0.39 is 0 Å². The lowest BCUT2D eigenvalue weighted by Gasteiger charge is -2.40. The molecule has 2 nitrogen and oxygen atoms in total. The quantitative estimate of drug-likeness (QED) is 0.651. The average Bonchev–Trinajstić information content (AvgIpc) is 2.43. The number of likely N-dealkylation sites (tertiary alicyclic amines) is 1. The number of hydrogen-bond donors (Lipinski definition) is 1. The molecule has 1 aliphatic rings. The largest absolute Gasteiger partial charge is 0.329 e. The van der Waals surface area contributed by atoms with E-state index in [-0.39, 0.29) is 0 Å². The molecule has 0 bridgehead atoms. The lowest BCUT2D eigenvalue weighted by atomic mass is 9.95. The van der Waals surface area contributed by atoms with Crippen LogP contribution in [0.3, 0.4) is 0 Å². The summed E-state index contributed by atoms with van der Waals surface area (Å²) in [6.45, 7) is 6.95. The van der Waals surface area contributed by atoms with Crippen molar-refractivity contribution in [2.24, 2.45) is 5.73 Å². The van der Waals surface area contributed by atoms with Gasteiger partial charge in [0.05, 0.1) is 0 Å². The maximum atomic E-state index is 5.92. The topological polar surface area (TPSA) is 29.3 Å². The molecule has 0 aromatic carbocycles. The smallest absolute Gasteiger partial charge is 0.0303 e. The SMILES string of the molecule is CCCCCCCCN1CCC(CN)(SC)CC1. The minimum Gasteiger partial charge on any atom is -0.329 e. The van der Waals surface area contributed by atoms with Gasteiger partial charge in [0, 0.05) is 11.3 Å². The highest BCUT2D eigenvalue weighted by Crippen LogP contribution is 2.33. The summed E-state index contributed by atoms with van der Waals surface area (Å²) in [6.07, 6.45) is 13.2. The van der Waals surface area contributed by atoms with E-state index >= 15 is 0 Å². The second kappa shape index (κ2) is 9.22. The molecule has 1 rings (SSSR count). The van der Waals surface area contributed by atoms with Crippen LogP contribution in [-0.4, -0.2) is 42.1 Å². The molecule has 0 aromatic rings. The molecule has 0 amide bonds. The highest BCUT2D eigenvalue weighted by molar-refractivity contribution is 8.00. The van der Waals surface area contributed by atoms with Crippen LogP contribution in [0.4, 0.5) is 0 Å². The molecule has 0 radical (unpaired) electrons. The minimum atomic E-state index is 0.387. The molecule has 2 N–H and O–H groups in total. The van der Waals surface area contributed by atoms with Crippen molar-refractivity contribution >= 4 is 11.8 Å². The van der Waals surface area contributed by atoms with E-state index in [2.05, 4.69) is 18.1 Å². The normalized spacial score (nSPS) is 20.2. The summed E-state index contributed by atoms with van der Waals surface area (Å²) >= 11 is 1.98. The number of nitrogens with two attached hydrogens (primary N) is 1. The number of rotatable bonds is 9. The molecule has 0 spiro atoms. The summed E-state index contributed by atoms with van der Waals surface area (Å²) in [5.41, 5.74) is 5.92. The van der Waals surface area contributed by atoms with Gasteiger partial charge in [0.2, 0.25) is 0 Å². The molecular formula is C15H32N2S. The fourth-order valence-electron chi connectivity index (χ4n) is 2.79. The molecule has 0 aliphatic carbocycles. The van der Waals surface area contributed by atoms with E-state index in [1.165, 1.54) is 71.0 Å². The van der Waals surface area contributed by atoms with E-state index in [0.29, 0.717) is 4.75 Å². The van der Waals surface area contributed by atoms with Crippen molar-refractivity contribution in [2.45, 2.75) is 63.0 Å². The van der Waals surface area contributed by atoms with Crippen molar-refractivity contribution in [3.8, 4) is 0 Å². The van der Waals surface area contributed by atoms with E-state index in [0.717, 1.165) is 6.54 Å². The van der Waals surface area contributed by atoms with Gasteiger partial charge in [-0.15, -0.1) is 0 Å². The lowest BCUT2D eigenvalue weighted by molar-refractivity contribution is 0.198. The maximum absolute atomic E-state index is 5.92. The molecule has 1 saturated heterocycles. The summed E-state index contributed by atoms with van der Waals surface area (Å²) < 4.78 is 0.387. The molecule has 0 saturated carbocycles. The van der Waals surface area contributed by atoms with Crippen molar-refractivity contribution in [3.63, 3.8) is 0 Å². The summed E-state index contributed by atoms with van der Waals surface area (Å²) in [4.78, 5) is 2.64. The van der Waals surface area contributed by atoms with Crippen LogP contribution in [0.2, 0.25) is 0 Å². The van der Waals surface area contributed by atoms with E-state index in [4.69, 9.17) is 5.73 Å². The first kappa shape index (κ1) is 16.3. The zero-order chi connectivity index (χ0) is 13.3. The Kier molecular flexibility index (Phi) is 8.36. The van der Waals surface area contributed by atoms with Crippen LogP contribution in [0.25, 0.3) is 0 Å². The maximum Gasteiger partial charge on any atom is 0.0303 e. The molecule has 0 aromatic heterocycles. The third-order valence-corrected chi connectivity index (χ3v) is 5.84. The van der Waals surface area contributed by atoms with E-state index in [1.54, 1.807) is 0 Å². The number of hydrogen-bond acceptors (Lipinski definition) is 3. The zero-order valence-electron chi connectivity index (χ0n) is 12.4. The van der Waals surface area contributed by atoms with Crippen LogP contribution in [0.5, 0.6) is 0 Å². The van der Waals surface area contributed by atoms with E-state index in [9.17, 15) is 0 Å². The minimum absolute atomic E-state index is 0.387. The highest BCUT2D eigenvalue weighted by Gasteiger charge is 2.32. The molecule has 108 valence electrons. The predicted octanol–water partition coefficient (Wildman–Crippen LogP) is 3.50. The monoisotopic (exact) mass is 272 g/mol. The Hall–Kier alpha value is 0.270. The van der Waals surface area contributed by atoms with Crippen LogP contribution in [0.1, 0.15) is 58.3 Å². The Morgan fingerprint density at radius 2 is 1.67 bits per heavy atom. The van der Waals surface area contributed by atoms with Crippen LogP contribution >= 0.6 is 11.8 Å². The van der Waals surface area contributed by atoms with Gasteiger partial charge in [-0.1, -0.05) is 39.0 Å². The van der Waals surface area contributed by atoms with Crippen LogP contribution in [-0.2, 0) is 0 Å². The number of piperidine rings is 1. The molecule has 1 aliphatic heterocycles. The van der Waals surface area contributed by atoms with Crippen LogP contribution < -0.4 is 5.73 Å². The fraction of sp³-hybridized carbons (Fsp3) is 1.00. The first-order chi connectivity index (χ1) is 8.76. The van der Waals surface area contributed by atoms with E-state index in [1.807, 2.05) is 11.8 Å². The van der Waals surface area contributed by atoms with Crippen LogP contribution in [0.15, 0.2) is 0 Å². The van der Waals surface area contributed by atoms with Crippen molar-refractivity contribution < 1.29 is 0 Å². The molecular weight excluding hydrogens is 240 g/mol. The van der Waals surface area contributed by atoms with Gasteiger partial charge in [-0.2, -0.15) is 11.8 Å². The number of nitrogens with zero attached hydrogens (tertiary/aromatic N) is 1. The third kappa shape index (κ3) is 5.50. The summed E-state index contributed by atoms with van der Waals surface area (Å²) in [5.74, 6) is 0. The Labute approximate surface area is 118 Å². The van der Waals surface area contributed by atoms with Crippen molar-refractivity contribution in [1.29, 1.82) is 0 Å². The summed E-state index contributed by atoms with van der Waals surface area (Å²) in [7, 11) is 0. The van der Waals surface area contributed by atoms with Gasteiger partial charge in [-0.3, -0.25) is 0 Å². The van der Waals surface area contributed by atoms with Gasteiger partial charge >= 0.3 is 0 Å². The Bertz CT molecular complexity index is 195. The van der Waals surface area contributed by atoms with Gasteiger partial charge in [-0.25, -0.2) is 0 Å². The molecule has 18 heavy (non-hydrogen) atoms. The molecule has 1 fully saturated rings. The van der Waals surface area contributed by atoms with Crippen molar-refractivity contribution in [3.05, 3.63) is 0 Å². The average molecular weight is 273 g/mol. The first-order valence-electron chi connectivity index (χ1n) is 7.74. The second-order valence-corrected chi connectivity index (χ2v) is 6.97. The van der Waals surface area contributed by atoms with Crippen LogP contribution in [0, 0.1) is 0 Å². The summed E-state index contributed by atoms with van der Waals surface area (Å²) in [5, 5.41) is 0. The van der Waals surface area contributed by atoms with Gasteiger partial charge in [0.25, 0.3) is 0 Å². The van der Waals surface area contributed by atoms with Gasteiger partial charge in [-0.05, 0) is 45.2 Å². The summed E-state index contributed by atoms with van der Waals surface area (Å²) in [6, 6.07) is 0. The van der Waals surface area contributed by atoms with Gasteiger partial charge in [0.15, 0.2) is 0 Å².